The fourth-order valence-corrected chi connectivity index (χ4v) is 3.47. The predicted octanol–water partition coefficient (Wildman–Crippen LogP) is 1.43. The number of nitrogens with zero attached hydrogens (tertiary/aromatic N) is 3. The van der Waals surface area contributed by atoms with Gasteiger partial charge < -0.3 is 10.2 Å². The SMILES string of the molecule is O=c1[nH]c2cc(-n3nc4c([n+]3[O-])CCCC4)c(F)cc2s1. The Morgan fingerprint density at radius 1 is 1.38 bits per heavy atom. The zero-order valence-corrected chi connectivity index (χ0v) is 11.7. The number of hydrogen-bond acceptors (Lipinski definition) is 4. The summed E-state index contributed by atoms with van der Waals surface area (Å²) < 4.78 is 14.8. The molecule has 1 aromatic carbocycles. The van der Waals surface area contributed by atoms with Crippen molar-refractivity contribution in [3.8, 4) is 5.69 Å². The molecule has 0 amide bonds. The van der Waals surface area contributed by atoms with Gasteiger partial charge in [-0.05, 0) is 29.8 Å². The van der Waals surface area contributed by atoms with Crippen molar-refractivity contribution >= 4 is 21.6 Å². The number of aromatic amines is 1. The molecule has 8 heteroatoms. The van der Waals surface area contributed by atoms with Gasteiger partial charge in [0.05, 0.1) is 10.2 Å². The Bertz CT molecular complexity index is 911. The van der Waals surface area contributed by atoms with Crippen LogP contribution in [0.3, 0.4) is 0 Å². The molecule has 0 aliphatic heterocycles. The number of fused-ring (bicyclic) bond motifs is 2. The van der Waals surface area contributed by atoms with Crippen molar-refractivity contribution in [1.82, 2.24) is 14.9 Å². The topological polar surface area (TPSA) is 77.6 Å². The fraction of sp³-hybridized carbons (Fsp3) is 0.308. The molecule has 2 heterocycles. The zero-order chi connectivity index (χ0) is 14.6. The number of halogens is 1. The van der Waals surface area contributed by atoms with Crippen molar-refractivity contribution in [3.63, 3.8) is 0 Å². The van der Waals surface area contributed by atoms with E-state index < -0.39 is 5.82 Å². The highest BCUT2D eigenvalue weighted by molar-refractivity contribution is 7.16. The number of benzene rings is 1. The fourth-order valence-electron chi connectivity index (χ4n) is 2.72. The van der Waals surface area contributed by atoms with Crippen LogP contribution < -0.4 is 9.72 Å². The highest BCUT2D eigenvalue weighted by Gasteiger charge is 2.27. The normalized spacial score (nSPS) is 14.5. The van der Waals surface area contributed by atoms with Crippen LogP contribution in [0.5, 0.6) is 0 Å². The van der Waals surface area contributed by atoms with E-state index in [0.717, 1.165) is 41.1 Å². The second-order valence-corrected chi connectivity index (χ2v) is 6.09. The average Bonchev–Trinajstić information content (AvgIpc) is 2.98. The second-order valence-electron chi connectivity index (χ2n) is 5.08. The van der Waals surface area contributed by atoms with Gasteiger partial charge in [-0.15, -0.1) is 4.85 Å². The standard InChI is InChI=1S/C13H11FN4O2S/c14-7-5-12-9(15-13(19)21-12)6-11(7)17-16-8-3-1-2-4-10(8)18(17)20/h5-6H,1-4H2,(H,15,19). The van der Waals surface area contributed by atoms with E-state index in [4.69, 9.17) is 0 Å². The van der Waals surface area contributed by atoms with Gasteiger partial charge in [-0.1, -0.05) is 11.3 Å². The molecule has 4 rings (SSSR count). The highest BCUT2D eigenvalue weighted by Crippen LogP contribution is 2.23. The molecule has 6 nitrogen and oxygen atoms in total. The van der Waals surface area contributed by atoms with Gasteiger partial charge in [0.25, 0.3) is 0 Å². The summed E-state index contributed by atoms with van der Waals surface area (Å²) in [5.41, 5.74) is 1.91. The van der Waals surface area contributed by atoms with Crippen LogP contribution in [0.1, 0.15) is 24.2 Å². The summed E-state index contributed by atoms with van der Waals surface area (Å²) in [5.74, 6) is -0.567. The van der Waals surface area contributed by atoms with Crippen molar-refractivity contribution in [2.45, 2.75) is 25.7 Å². The number of aryl methyl sites for hydroxylation is 1. The van der Waals surface area contributed by atoms with E-state index in [-0.39, 0.29) is 10.6 Å². The van der Waals surface area contributed by atoms with Gasteiger partial charge in [-0.3, -0.25) is 4.79 Å². The third-order valence-corrected chi connectivity index (χ3v) is 4.58. The lowest BCUT2D eigenvalue weighted by atomic mass is 10.0. The van der Waals surface area contributed by atoms with Crippen LogP contribution in [-0.4, -0.2) is 14.9 Å². The zero-order valence-electron chi connectivity index (χ0n) is 10.9. The van der Waals surface area contributed by atoms with Crippen molar-refractivity contribution in [3.05, 3.63) is 44.2 Å². The summed E-state index contributed by atoms with van der Waals surface area (Å²) in [4.78, 5) is 15.4. The van der Waals surface area contributed by atoms with Crippen LogP contribution in [0, 0.1) is 11.0 Å². The molecule has 0 saturated heterocycles. The van der Waals surface area contributed by atoms with Crippen LogP contribution in [-0.2, 0) is 12.8 Å². The first-order chi connectivity index (χ1) is 10.1. The number of hydrogen-bond donors (Lipinski definition) is 1. The van der Waals surface area contributed by atoms with E-state index in [0.29, 0.717) is 27.2 Å². The minimum atomic E-state index is -0.567. The Kier molecular flexibility index (Phi) is 2.61. The summed E-state index contributed by atoms with van der Waals surface area (Å²) in [6.45, 7) is 0. The van der Waals surface area contributed by atoms with Crippen molar-refractivity contribution in [1.29, 1.82) is 0 Å². The van der Waals surface area contributed by atoms with Crippen molar-refractivity contribution < 1.29 is 9.24 Å². The van der Waals surface area contributed by atoms with Crippen LogP contribution in [0.2, 0.25) is 0 Å². The van der Waals surface area contributed by atoms with Gasteiger partial charge in [0, 0.05) is 17.9 Å². The lowest BCUT2D eigenvalue weighted by molar-refractivity contribution is -0.696. The Labute approximate surface area is 122 Å². The van der Waals surface area contributed by atoms with Gasteiger partial charge in [-0.25, -0.2) is 4.39 Å². The minimum Gasteiger partial charge on any atom is -0.692 e. The Hall–Kier alpha value is -2.22. The smallest absolute Gasteiger partial charge is 0.305 e. The van der Waals surface area contributed by atoms with Gasteiger partial charge in [-0.2, -0.15) is 0 Å². The highest BCUT2D eigenvalue weighted by atomic mass is 32.1. The maximum atomic E-state index is 14.2. The van der Waals surface area contributed by atoms with E-state index in [1.807, 2.05) is 0 Å². The molecule has 0 fully saturated rings. The summed E-state index contributed by atoms with van der Waals surface area (Å²) >= 11 is 0.936. The van der Waals surface area contributed by atoms with E-state index in [2.05, 4.69) is 10.1 Å². The van der Waals surface area contributed by atoms with Gasteiger partial charge >= 0.3 is 4.87 Å². The van der Waals surface area contributed by atoms with Gasteiger partial charge in [0.2, 0.25) is 5.69 Å². The molecular formula is C13H11FN4O2S. The maximum absolute atomic E-state index is 14.2. The molecule has 0 unspecified atom stereocenters. The molecular weight excluding hydrogens is 295 g/mol. The number of rotatable bonds is 1. The molecule has 0 atom stereocenters. The molecule has 1 aliphatic carbocycles. The molecule has 3 aromatic rings. The maximum Gasteiger partial charge on any atom is 0.305 e. The van der Waals surface area contributed by atoms with Crippen molar-refractivity contribution in [2.75, 3.05) is 0 Å². The Morgan fingerprint density at radius 2 is 2.19 bits per heavy atom. The Morgan fingerprint density at radius 3 is 3.00 bits per heavy atom. The quantitative estimate of drug-likeness (QED) is 0.545. The van der Waals surface area contributed by atoms with E-state index >= 15 is 0 Å². The van der Waals surface area contributed by atoms with Gasteiger partial charge in [0.1, 0.15) is 0 Å². The van der Waals surface area contributed by atoms with Crippen LogP contribution in [0.25, 0.3) is 15.9 Å². The van der Waals surface area contributed by atoms with Crippen LogP contribution in [0.15, 0.2) is 16.9 Å². The first-order valence-corrected chi connectivity index (χ1v) is 7.48. The van der Waals surface area contributed by atoms with E-state index in [1.165, 1.54) is 12.1 Å². The average molecular weight is 306 g/mol. The number of aromatic nitrogens is 4. The number of nitrogens with one attached hydrogen (secondary N) is 1. The van der Waals surface area contributed by atoms with Crippen LogP contribution >= 0.6 is 11.3 Å². The third kappa shape index (κ3) is 1.86. The third-order valence-electron chi connectivity index (χ3n) is 3.73. The number of thiazole rings is 1. The minimum absolute atomic E-state index is 0.0564. The molecule has 2 aromatic heterocycles. The molecule has 1 N–H and O–H groups in total. The summed E-state index contributed by atoms with van der Waals surface area (Å²) in [5, 5.41) is 16.5. The summed E-state index contributed by atoms with van der Waals surface area (Å²) in [7, 11) is 0. The molecule has 0 radical (unpaired) electrons. The summed E-state index contributed by atoms with van der Waals surface area (Å²) in [6, 6.07) is 2.71. The molecule has 1 aliphatic rings. The predicted molar refractivity (Wildman–Crippen MR) is 75.1 cm³/mol. The molecule has 0 saturated carbocycles. The molecule has 108 valence electrons. The van der Waals surface area contributed by atoms with E-state index in [9.17, 15) is 14.4 Å². The lowest BCUT2D eigenvalue weighted by Gasteiger charge is -2.09. The number of H-pyrrole nitrogens is 1. The molecule has 21 heavy (non-hydrogen) atoms. The first-order valence-electron chi connectivity index (χ1n) is 6.67. The van der Waals surface area contributed by atoms with E-state index in [1.54, 1.807) is 0 Å². The first kappa shape index (κ1) is 12.5. The van der Waals surface area contributed by atoms with Crippen molar-refractivity contribution in [2.24, 2.45) is 0 Å². The molecule has 0 bridgehead atoms. The van der Waals surface area contributed by atoms with Crippen LogP contribution in [0.4, 0.5) is 4.39 Å². The molecule has 0 spiro atoms. The second kappa shape index (κ2) is 4.39. The Balaban J connectivity index is 1.95. The lowest BCUT2D eigenvalue weighted by Crippen LogP contribution is -2.41. The summed E-state index contributed by atoms with van der Waals surface area (Å²) in [6.07, 6.45) is 3.34. The monoisotopic (exact) mass is 306 g/mol. The van der Waals surface area contributed by atoms with Gasteiger partial charge in [0.15, 0.2) is 17.2 Å². The largest absolute Gasteiger partial charge is 0.692 e.